The number of ether oxygens (including phenoxy) is 2. The molecule has 140 valence electrons. The zero-order valence-corrected chi connectivity index (χ0v) is 15.6. The van der Waals surface area contributed by atoms with E-state index in [4.69, 9.17) is 26.3 Å². The normalized spacial score (nSPS) is 10.0. The average molecular weight is 393 g/mol. The van der Waals surface area contributed by atoms with Crippen molar-refractivity contribution in [3.05, 3.63) is 88.9 Å². The van der Waals surface area contributed by atoms with E-state index in [0.29, 0.717) is 29.4 Å². The van der Waals surface area contributed by atoms with E-state index >= 15 is 0 Å². The predicted molar refractivity (Wildman–Crippen MR) is 108 cm³/mol. The van der Waals surface area contributed by atoms with E-state index in [-0.39, 0.29) is 17.5 Å². The Morgan fingerprint density at radius 2 is 1.75 bits per heavy atom. The Bertz CT molecular complexity index is 983. The molecule has 3 aromatic rings. The topological polar surface area (TPSA) is 71.3 Å². The van der Waals surface area contributed by atoms with Crippen LogP contribution in [0.15, 0.2) is 72.8 Å². The number of nitriles is 1. The highest BCUT2D eigenvalue weighted by Gasteiger charge is 2.07. The fraction of sp³-hybridized carbons (Fsp3) is 0.0909. The van der Waals surface area contributed by atoms with Crippen LogP contribution in [0.5, 0.6) is 11.5 Å². The summed E-state index contributed by atoms with van der Waals surface area (Å²) in [7, 11) is 0. The highest BCUT2D eigenvalue weighted by molar-refractivity contribution is 6.32. The van der Waals surface area contributed by atoms with Gasteiger partial charge < -0.3 is 14.8 Å². The van der Waals surface area contributed by atoms with Crippen LogP contribution in [-0.4, -0.2) is 12.5 Å². The van der Waals surface area contributed by atoms with Crippen molar-refractivity contribution in [1.29, 1.82) is 5.26 Å². The minimum absolute atomic E-state index is 0.197. The van der Waals surface area contributed by atoms with Gasteiger partial charge in [0.1, 0.15) is 18.1 Å². The van der Waals surface area contributed by atoms with Crippen molar-refractivity contribution in [2.75, 3.05) is 11.9 Å². The lowest BCUT2D eigenvalue weighted by atomic mass is 10.2. The van der Waals surface area contributed by atoms with Crippen LogP contribution in [0.4, 0.5) is 5.69 Å². The van der Waals surface area contributed by atoms with Gasteiger partial charge in [-0.1, -0.05) is 41.9 Å². The number of carbonyl (C=O) groups is 1. The molecule has 0 aliphatic heterocycles. The summed E-state index contributed by atoms with van der Waals surface area (Å²) in [5, 5.41) is 11.8. The van der Waals surface area contributed by atoms with Gasteiger partial charge in [-0.2, -0.15) is 5.26 Å². The van der Waals surface area contributed by atoms with Gasteiger partial charge in [0.15, 0.2) is 6.61 Å². The number of hydrogen-bond acceptors (Lipinski definition) is 4. The maximum Gasteiger partial charge on any atom is 0.262 e. The average Bonchev–Trinajstić information content (AvgIpc) is 2.73. The molecule has 0 heterocycles. The van der Waals surface area contributed by atoms with Gasteiger partial charge >= 0.3 is 0 Å². The van der Waals surface area contributed by atoms with Crippen LogP contribution in [0.1, 0.15) is 11.1 Å². The van der Waals surface area contributed by atoms with Gasteiger partial charge in [0.05, 0.1) is 16.7 Å². The number of benzene rings is 3. The number of amides is 1. The number of nitrogens with one attached hydrogen (secondary N) is 1. The van der Waals surface area contributed by atoms with Crippen LogP contribution in [0.25, 0.3) is 0 Å². The lowest BCUT2D eigenvalue weighted by molar-refractivity contribution is -0.118. The quantitative estimate of drug-likeness (QED) is 0.626. The largest absolute Gasteiger partial charge is 0.489 e. The van der Waals surface area contributed by atoms with Crippen molar-refractivity contribution in [2.45, 2.75) is 6.61 Å². The summed E-state index contributed by atoms with van der Waals surface area (Å²) in [4.78, 5) is 12.1. The molecule has 0 atom stereocenters. The van der Waals surface area contributed by atoms with Crippen molar-refractivity contribution in [3.8, 4) is 17.6 Å². The molecule has 3 rings (SSSR count). The molecule has 0 saturated heterocycles. The van der Waals surface area contributed by atoms with E-state index in [0.717, 1.165) is 5.56 Å². The van der Waals surface area contributed by atoms with Crippen molar-refractivity contribution >= 4 is 23.2 Å². The van der Waals surface area contributed by atoms with Crippen LogP contribution in [0.3, 0.4) is 0 Å². The lowest BCUT2D eigenvalue weighted by Crippen LogP contribution is -2.20. The molecule has 3 aromatic carbocycles. The zero-order valence-electron chi connectivity index (χ0n) is 14.9. The molecule has 0 aromatic heterocycles. The fourth-order valence-corrected chi connectivity index (χ4v) is 2.64. The smallest absolute Gasteiger partial charge is 0.262 e. The minimum Gasteiger partial charge on any atom is -0.489 e. The summed E-state index contributed by atoms with van der Waals surface area (Å²) in [5.41, 5.74) is 2.14. The highest BCUT2D eigenvalue weighted by Crippen LogP contribution is 2.25. The number of rotatable bonds is 7. The maximum absolute atomic E-state index is 12.1. The number of halogens is 1. The summed E-state index contributed by atoms with van der Waals surface area (Å²) < 4.78 is 11.1. The van der Waals surface area contributed by atoms with Crippen molar-refractivity contribution in [3.63, 3.8) is 0 Å². The Labute approximate surface area is 168 Å². The molecule has 0 spiro atoms. The Morgan fingerprint density at radius 1 is 1.00 bits per heavy atom. The van der Waals surface area contributed by atoms with Gasteiger partial charge in [0, 0.05) is 5.69 Å². The van der Waals surface area contributed by atoms with Crippen molar-refractivity contribution in [2.24, 2.45) is 0 Å². The maximum atomic E-state index is 12.1. The van der Waals surface area contributed by atoms with E-state index < -0.39 is 0 Å². The van der Waals surface area contributed by atoms with E-state index in [1.807, 2.05) is 36.4 Å². The van der Waals surface area contributed by atoms with Gasteiger partial charge in [-0.05, 0) is 48.0 Å². The SMILES string of the molecule is N#Cc1ccc(OCC(=O)Nc2ccc(OCc3ccccc3)cc2)c(Cl)c1. The molecule has 1 amide bonds. The summed E-state index contributed by atoms with van der Waals surface area (Å²) >= 11 is 6.02. The number of carbonyl (C=O) groups excluding carboxylic acids is 1. The summed E-state index contributed by atoms with van der Waals surface area (Å²) in [6.07, 6.45) is 0. The third-order valence-electron chi connectivity index (χ3n) is 3.81. The molecule has 0 fully saturated rings. The van der Waals surface area contributed by atoms with E-state index in [9.17, 15) is 4.79 Å². The first-order valence-electron chi connectivity index (χ1n) is 8.53. The fourth-order valence-electron chi connectivity index (χ4n) is 2.40. The lowest BCUT2D eigenvalue weighted by Gasteiger charge is -2.10. The van der Waals surface area contributed by atoms with Gasteiger partial charge in [-0.15, -0.1) is 0 Å². The highest BCUT2D eigenvalue weighted by atomic mass is 35.5. The molecule has 1 N–H and O–H groups in total. The first-order valence-corrected chi connectivity index (χ1v) is 8.91. The predicted octanol–water partition coefficient (Wildman–Crippen LogP) is 4.81. The molecule has 0 bridgehead atoms. The Kier molecular flexibility index (Phi) is 6.50. The molecule has 0 unspecified atom stereocenters. The van der Waals surface area contributed by atoms with Crippen molar-refractivity contribution in [1.82, 2.24) is 0 Å². The summed E-state index contributed by atoms with van der Waals surface area (Å²) in [6, 6.07) is 23.6. The van der Waals surface area contributed by atoms with Crippen LogP contribution in [0, 0.1) is 11.3 Å². The molecular weight excluding hydrogens is 376 g/mol. The molecule has 0 radical (unpaired) electrons. The number of hydrogen-bond donors (Lipinski definition) is 1. The first kappa shape index (κ1) is 19.3. The van der Waals surface area contributed by atoms with Gasteiger partial charge in [-0.3, -0.25) is 4.79 Å². The molecule has 28 heavy (non-hydrogen) atoms. The van der Waals surface area contributed by atoms with E-state index in [2.05, 4.69) is 5.32 Å². The van der Waals surface area contributed by atoms with Crippen molar-refractivity contribution < 1.29 is 14.3 Å². The first-order chi connectivity index (χ1) is 13.6. The van der Waals surface area contributed by atoms with Gasteiger partial charge in [0.25, 0.3) is 5.91 Å². The molecule has 6 heteroatoms. The third-order valence-corrected chi connectivity index (χ3v) is 4.10. The van der Waals surface area contributed by atoms with E-state index in [1.165, 1.54) is 6.07 Å². The zero-order chi connectivity index (χ0) is 19.8. The number of anilines is 1. The molecule has 0 saturated carbocycles. The molecule has 5 nitrogen and oxygen atoms in total. The molecular formula is C22H17ClN2O3. The van der Waals surface area contributed by atoms with Crippen LogP contribution >= 0.6 is 11.6 Å². The van der Waals surface area contributed by atoms with Crippen LogP contribution in [-0.2, 0) is 11.4 Å². The Balaban J connectivity index is 1.48. The van der Waals surface area contributed by atoms with Crippen LogP contribution in [0.2, 0.25) is 5.02 Å². The molecule has 0 aliphatic rings. The Hall–Kier alpha value is -3.49. The second-order valence-electron chi connectivity index (χ2n) is 5.89. The third kappa shape index (κ3) is 5.50. The second kappa shape index (κ2) is 9.45. The Morgan fingerprint density at radius 3 is 2.43 bits per heavy atom. The van der Waals surface area contributed by atoms with E-state index in [1.54, 1.807) is 36.4 Å². The second-order valence-corrected chi connectivity index (χ2v) is 6.30. The molecule has 0 aliphatic carbocycles. The van der Waals surface area contributed by atoms with Gasteiger partial charge in [0.2, 0.25) is 0 Å². The minimum atomic E-state index is -0.321. The summed E-state index contributed by atoms with van der Waals surface area (Å²) in [6.45, 7) is 0.281. The monoisotopic (exact) mass is 392 g/mol. The van der Waals surface area contributed by atoms with Crippen LogP contribution < -0.4 is 14.8 Å². The number of nitrogens with zero attached hydrogens (tertiary/aromatic N) is 1. The standard InChI is InChI=1S/C22H17ClN2O3/c23-20-12-17(13-24)6-11-21(20)28-15-22(26)25-18-7-9-19(10-8-18)27-14-16-4-2-1-3-5-16/h1-12H,14-15H2,(H,25,26). The summed E-state index contributed by atoms with van der Waals surface area (Å²) in [5.74, 6) is 0.737. The van der Waals surface area contributed by atoms with Gasteiger partial charge in [-0.25, -0.2) is 0 Å².